The molecule has 0 saturated heterocycles. The summed E-state index contributed by atoms with van der Waals surface area (Å²) in [5.74, 6) is 0.601. The van der Waals surface area contributed by atoms with E-state index in [1.165, 1.54) is 21.3 Å². The molecule has 11 nitrogen and oxygen atoms in total. The molecule has 12 heteroatoms. The average molecular weight is 486 g/mol. The number of benzene rings is 1. The Labute approximate surface area is 195 Å². The number of sulfonamides is 1. The Bertz CT molecular complexity index is 1460. The van der Waals surface area contributed by atoms with E-state index >= 15 is 0 Å². The first-order valence-electron chi connectivity index (χ1n) is 10.6. The zero-order valence-electron chi connectivity index (χ0n) is 18.9. The van der Waals surface area contributed by atoms with Crippen LogP contribution in [0.15, 0.2) is 40.0 Å². The summed E-state index contributed by atoms with van der Waals surface area (Å²) in [5.41, 5.74) is 2.83. The standard InChI is InChI=1S/C22H23N5O6S/c1-30-17-10-13-6-4-7-15(13)19(31-2)20(17)34(28,29)26-21-18-16(33-25-21)11-14(24-22(18)32-3)12-27-9-5-8-23-27/h5,8-11H,4,6-7,12H2,1-3H3,(H,25,26). The van der Waals surface area contributed by atoms with Crippen LogP contribution >= 0.6 is 0 Å². The Hall–Kier alpha value is -3.80. The van der Waals surface area contributed by atoms with Crippen molar-refractivity contribution >= 4 is 26.8 Å². The van der Waals surface area contributed by atoms with E-state index in [2.05, 4.69) is 20.0 Å². The van der Waals surface area contributed by atoms with Crippen molar-refractivity contribution in [1.82, 2.24) is 19.9 Å². The van der Waals surface area contributed by atoms with Gasteiger partial charge >= 0.3 is 0 Å². The van der Waals surface area contributed by atoms with Gasteiger partial charge in [-0.2, -0.15) is 5.10 Å². The molecule has 0 unspecified atom stereocenters. The van der Waals surface area contributed by atoms with Crippen LogP contribution < -0.4 is 18.9 Å². The third kappa shape index (κ3) is 3.69. The van der Waals surface area contributed by atoms with Crippen molar-refractivity contribution in [1.29, 1.82) is 0 Å². The van der Waals surface area contributed by atoms with Gasteiger partial charge in [-0.05, 0) is 42.5 Å². The molecule has 0 bridgehead atoms. The maximum absolute atomic E-state index is 13.6. The van der Waals surface area contributed by atoms with E-state index in [1.54, 1.807) is 35.3 Å². The molecular weight excluding hydrogens is 462 g/mol. The number of fused-ring (bicyclic) bond motifs is 2. The van der Waals surface area contributed by atoms with Crippen molar-refractivity contribution < 1.29 is 27.2 Å². The largest absolute Gasteiger partial charge is 0.495 e. The minimum absolute atomic E-state index is 0.0467. The van der Waals surface area contributed by atoms with E-state index < -0.39 is 10.0 Å². The minimum atomic E-state index is -4.18. The summed E-state index contributed by atoms with van der Waals surface area (Å²) in [4.78, 5) is 4.39. The number of methoxy groups -OCH3 is 3. The van der Waals surface area contributed by atoms with Crippen molar-refractivity contribution in [2.45, 2.75) is 30.7 Å². The fraction of sp³-hybridized carbons (Fsp3) is 0.318. The number of ether oxygens (including phenoxy) is 3. The number of rotatable bonds is 8. The predicted molar refractivity (Wildman–Crippen MR) is 122 cm³/mol. The molecule has 5 rings (SSSR count). The highest BCUT2D eigenvalue weighted by Crippen LogP contribution is 2.43. The number of nitrogens with one attached hydrogen (secondary N) is 1. The molecule has 0 spiro atoms. The van der Waals surface area contributed by atoms with Crippen LogP contribution in [-0.2, 0) is 29.4 Å². The number of anilines is 1. The van der Waals surface area contributed by atoms with E-state index in [4.69, 9.17) is 18.7 Å². The predicted octanol–water partition coefficient (Wildman–Crippen LogP) is 2.78. The average Bonchev–Trinajstić information content (AvgIpc) is 3.58. The monoisotopic (exact) mass is 485 g/mol. The molecular formula is C22H23N5O6S. The van der Waals surface area contributed by atoms with E-state index in [9.17, 15) is 8.42 Å². The van der Waals surface area contributed by atoms with Gasteiger partial charge in [-0.15, -0.1) is 0 Å². The summed E-state index contributed by atoms with van der Waals surface area (Å²) in [6.07, 6.45) is 5.96. The molecule has 3 heterocycles. The molecule has 0 aliphatic heterocycles. The van der Waals surface area contributed by atoms with Crippen LogP contribution in [0.25, 0.3) is 11.0 Å². The van der Waals surface area contributed by atoms with E-state index in [-0.39, 0.29) is 28.1 Å². The van der Waals surface area contributed by atoms with Crippen LogP contribution in [0.5, 0.6) is 17.4 Å². The van der Waals surface area contributed by atoms with Crippen molar-refractivity contribution in [3.63, 3.8) is 0 Å². The fourth-order valence-electron chi connectivity index (χ4n) is 4.29. The second-order valence-corrected chi connectivity index (χ2v) is 9.39. The van der Waals surface area contributed by atoms with Crippen molar-refractivity contribution in [2.75, 3.05) is 26.1 Å². The summed E-state index contributed by atoms with van der Waals surface area (Å²) in [6.45, 7) is 0.380. The molecule has 0 atom stereocenters. The van der Waals surface area contributed by atoms with Crippen molar-refractivity contribution in [3.8, 4) is 17.4 Å². The summed E-state index contributed by atoms with van der Waals surface area (Å²) < 4.78 is 53.1. The summed E-state index contributed by atoms with van der Waals surface area (Å²) in [5, 5.41) is 8.41. The van der Waals surface area contributed by atoms with Gasteiger partial charge in [-0.3, -0.25) is 9.40 Å². The Morgan fingerprint density at radius 3 is 2.71 bits per heavy atom. The zero-order chi connectivity index (χ0) is 23.9. The van der Waals surface area contributed by atoms with Crippen molar-refractivity contribution in [2.24, 2.45) is 0 Å². The maximum Gasteiger partial charge on any atom is 0.270 e. The summed E-state index contributed by atoms with van der Waals surface area (Å²) >= 11 is 0. The second-order valence-electron chi connectivity index (χ2n) is 7.77. The highest BCUT2D eigenvalue weighted by atomic mass is 32.2. The normalized spacial score (nSPS) is 13.1. The van der Waals surface area contributed by atoms with Crippen LogP contribution in [0.4, 0.5) is 5.82 Å². The zero-order valence-corrected chi connectivity index (χ0v) is 19.7. The van der Waals surface area contributed by atoms with Crippen LogP contribution in [0.3, 0.4) is 0 Å². The smallest absolute Gasteiger partial charge is 0.270 e. The molecule has 3 aromatic heterocycles. The highest BCUT2D eigenvalue weighted by Gasteiger charge is 2.32. The van der Waals surface area contributed by atoms with Gasteiger partial charge in [0.2, 0.25) is 5.88 Å². The lowest BCUT2D eigenvalue weighted by molar-refractivity contribution is 0.370. The fourth-order valence-corrected chi connectivity index (χ4v) is 5.65. The third-order valence-electron chi connectivity index (χ3n) is 5.75. The number of hydrogen-bond donors (Lipinski definition) is 1. The molecule has 0 saturated carbocycles. The molecule has 4 aromatic rings. The van der Waals surface area contributed by atoms with E-state index in [0.717, 1.165) is 30.4 Å². The second kappa shape index (κ2) is 8.52. The number of pyridine rings is 1. The van der Waals surface area contributed by atoms with Gasteiger partial charge in [-0.1, -0.05) is 5.16 Å². The topological polar surface area (TPSA) is 131 Å². The number of nitrogens with zero attached hydrogens (tertiary/aromatic N) is 4. The Balaban J connectivity index is 1.57. The molecule has 0 fully saturated rings. The van der Waals surface area contributed by atoms with Crippen LogP contribution in [0, 0.1) is 0 Å². The number of aromatic nitrogens is 4. The van der Waals surface area contributed by atoms with Gasteiger partial charge in [0.15, 0.2) is 16.3 Å². The first-order valence-corrected chi connectivity index (χ1v) is 12.0. The Morgan fingerprint density at radius 2 is 2.00 bits per heavy atom. The van der Waals surface area contributed by atoms with Crippen LogP contribution in [0.1, 0.15) is 23.2 Å². The molecule has 0 amide bonds. The lowest BCUT2D eigenvalue weighted by Crippen LogP contribution is -2.17. The lowest BCUT2D eigenvalue weighted by atomic mass is 10.1. The lowest BCUT2D eigenvalue weighted by Gasteiger charge is -2.17. The highest BCUT2D eigenvalue weighted by molar-refractivity contribution is 7.93. The van der Waals surface area contributed by atoms with Gasteiger partial charge in [0, 0.05) is 18.5 Å². The van der Waals surface area contributed by atoms with Gasteiger partial charge in [0.05, 0.1) is 33.6 Å². The molecule has 1 aliphatic carbocycles. The molecule has 0 radical (unpaired) electrons. The number of aryl methyl sites for hydroxylation is 1. The first kappa shape index (κ1) is 22.0. The number of hydrogen-bond acceptors (Lipinski definition) is 9. The van der Waals surface area contributed by atoms with Crippen LogP contribution in [0.2, 0.25) is 0 Å². The maximum atomic E-state index is 13.6. The van der Waals surface area contributed by atoms with Gasteiger partial charge in [0.1, 0.15) is 16.9 Å². The van der Waals surface area contributed by atoms with Gasteiger partial charge in [0.25, 0.3) is 10.0 Å². The minimum Gasteiger partial charge on any atom is -0.495 e. The van der Waals surface area contributed by atoms with E-state index in [0.29, 0.717) is 23.2 Å². The summed E-state index contributed by atoms with van der Waals surface area (Å²) in [7, 11) is 0.140. The van der Waals surface area contributed by atoms with Gasteiger partial charge in [-0.25, -0.2) is 13.4 Å². The Kier molecular flexibility index (Phi) is 5.52. The molecule has 178 valence electrons. The van der Waals surface area contributed by atoms with Gasteiger partial charge < -0.3 is 18.7 Å². The van der Waals surface area contributed by atoms with E-state index in [1.807, 2.05) is 0 Å². The Morgan fingerprint density at radius 1 is 1.15 bits per heavy atom. The quantitative estimate of drug-likeness (QED) is 0.400. The van der Waals surface area contributed by atoms with Crippen LogP contribution in [-0.4, -0.2) is 49.7 Å². The SMILES string of the molecule is COc1cc2c(c(OC)c1S(=O)(=O)Nc1noc3cc(Cn4cccn4)nc(OC)c13)CCC2. The first-order chi connectivity index (χ1) is 16.4. The third-order valence-corrected chi connectivity index (χ3v) is 7.13. The molecule has 34 heavy (non-hydrogen) atoms. The molecule has 1 N–H and O–H groups in total. The van der Waals surface area contributed by atoms with Crippen molar-refractivity contribution in [3.05, 3.63) is 47.4 Å². The molecule has 1 aromatic carbocycles. The molecule has 1 aliphatic rings. The summed E-state index contributed by atoms with van der Waals surface area (Å²) in [6, 6.07) is 5.23.